The first-order chi connectivity index (χ1) is 5.88. The highest BCUT2D eigenvalue weighted by atomic mass is 32.1. The number of benzene rings is 1. The van der Waals surface area contributed by atoms with Crippen LogP contribution in [-0.2, 0) is 0 Å². The molecular formula is C9H8N2S. The number of H-pyrrole nitrogens is 1. The number of nitrogens with zero attached hydrogens (tertiary/aromatic N) is 1. The van der Waals surface area contributed by atoms with Gasteiger partial charge in [0.15, 0.2) is 0 Å². The zero-order valence-corrected chi connectivity index (χ0v) is 7.25. The number of aromatic nitrogens is 2. The average molecular weight is 176 g/mol. The van der Waals surface area contributed by atoms with Crippen molar-refractivity contribution in [3.8, 4) is 11.1 Å². The lowest BCUT2D eigenvalue weighted by atomic mass is 10.1. The summed E-state index contributed by atoms with van der Waals surface area (Å²) < 4.78 is 0. The van der Waals surface area contributed by atoms with Gasteiger partial charge in [-0.2, -0.15) is 5.10 Å². The smallest absolute Gasteiger partial charge is 0.0566 e. The Balaban J connectivity index is 2.55. The molecule has 2 rings (SSSR count). The molecule has 0 radical (unpaired) electrons. The number of nitrogens with one attached hydrogen (secondary N) is 1. The van der Waals surface area contributed by atoms with Crippen molar-refractivity contribution < 1.29 is 0 Å². The molecule has 1 N–H and O–H groups in total. The molecular weight excluding hydrogens is 168 g/mol. The van der Waals surface area contributed by atoms with Crippen LogP contribution in [0.15, 0.2) is 41.6 Å². The van der Waals surface area contributed by atoms with Crippen molar-refractivity contribution in [3.63, 3.8) is 0 Å². The van der Waals surface area contributed by atoms with Crippen molar-refractivity contribution in [3.05, 3.63) is 36.7 Å². The maximum Gasteiger partial charge on any atom is 0.0566 e. The topological polar surface area (TPSA) is 28.7 Å². The Morgan fingerprint density at radius 2 is 2.08 bits per heavy atom. The molecule has 0 unspecified atom stereocenters. The molecule has 2 aromatic rings. The molecule has 0 saturated heterocycles. The van der Waals surface area contributed by atoms with E-state index in [1.165, 1.54) is 0 Å². The Labute approximate surface area is 76.0 Å². The molecule has 1 aromatic heterocycles. The third-order valence-corrected chi connectivity index (χ3v) is 2.10. The monoisotopic (exact) mass is 176 g/mol. The number of thiol groups is 1. The molecule has 60 valence electrons. The van der Waals surface area contributed by atoms with E-state index in [0.717, 1.165) is 16.0 Å². The van der Waals surface area contributed by atoms with E-state index in [1.807, 2.05) is 30.5 Å². The van der Waals surface area contributed by atoms with Crippen LogP contribution in [0.1, 0.15) is 0 Å². The summed E-state index contributed by atoms with van der Waals surface area (Å²) in [6.07, 6.45) is 3.64. The van der Waals surface area contributed by atoms with Gasteiger partial charge in [-0.1, -0.05) is 18.2 Å². The Morgan fingerprint density at radius 3 is 2.75 bits per heavy atom. The number of hydrogen-bond acceptors (Lipinski definition) is 2. The van der Waals surface area contributed by atoms with Gasteiger partial charge >= 0.3 is 0 Å². The van der Waals surface area contributed by atoms with Gasteiger partial charge in [0, 0.05) is 16.7 Å². The summed E-state index contributed by atoms with van der Waals surface area (Å²) in [5.41, 5.74) is 2.18. The van der Waals surface area contributed by atoms with E-state index in [1.54, 1.807) is 6.20 Å². The lowest BCUT2D eigenvalue weighted by molar-refractivity contribution is 1.09. The largest absolute Gasteiger partial charge is 0.285 e. The minimum Gasteiger partial charge on any atom is -0.285 e. The van der Waals surface area contributed by atoms with Crippen molar-refractivity contribution in [1.82, 2.24) is 10.2 Å². The van der Waals surface area contributed by atoms with Gasteiger partial charge in [0.25, 0.3) is 0 Å². The summed E-state index contributed by atoms with van der Waals surface area (Å²) >= 11 is 4.34. The molecule has 0 spiro atoms. The van der Waals surface area contributed by atoms with E-state index in [2.05, 4.69) is 22.8 Å². The fraction of sp³-hybridized carbons (Fsp3) is 0. The van der Waals surface area contributed by atoms with Crippen LogP contribution >= 0.6 is 12.6 Å². The Hall–Kier alpha value is -1.22. The van der Waals surface area contributed by atoms with Crippen LogP contribution in [-0.4, -0.2) is 10.2 Å². The summed E-state index contributed by atoms with van der Waals surface area (Å²) in [6.45, 7) is 0. The van der Waals surface area contributed by atoms with Crippen LogP contribution in [0.3, 0.4) is 0 Å². The zero-order valence-electron chi connectivity index (χ0n) is 6.36. The number of rotatable bonds is 1. The highest BCUT2D eigenvalue weighted by molar-refractivity contribution is 7.80. The van der Waals surface area contributed by atoms with Gasteiger partial charge in [-0.15, -0.1) is 12.6 Å². The lowest BCUT2D eigenvalue weighted by Gasteiger charge is -1.99. The maximum atomic E-state index is 4.34. The van der Waals surface area contributed by atoms with Gasteiger partial charge in [0.2, 0.25) is 0 Å². The first-order valence-electron chi connectivity index (χ1n) is 3.65. The Morgan fingerprint density at radius 1 is 1.25 bits per heavy atom. The minimum atomic E-state index is 0.971. The summed E-state index contributed by atoms with van der Waals surface area (Å²) in [4.78, 5) is 0.971. The van der Waals surface area contributed by atoms with Crippen molar-refractivity contribution in [2.45, 2.75) is 4.90 Å². The predicted octanol–water partition coefficient (Wildman–Crippen LogP) is 2.37. The first kappa shape index (κ1) is 7.43. The van der Waals surface area contributed by atoms with Crippen LogP contribution in [0.25, 0.3) is 11.1 Å². The minimum absolute atomic E-state index is 0.971. The van der Waals surface area contributed by atoms with Crippen LogP contribution in [0, 0.1) is 0 Å². The van der Waals surface area contributed by atoms with Crippen molar-refractivity contribution >= 4 is 12.6 Å². The second kappa shape index (κ2) is 3.03. The molecule has 0 aliphatic carbocycles. The average Bonchev–Trinajstić information content (AvgIpc) is 2.57. The molecule has 0 aliphatic rings. The van der Waals surface area contributed by atoms with Gasteiger partial charge in [-0.05, 0) is 11.6 Å². The third kappa shape index (κ3) is 1.23. The fourth-order valence-corrected chi connectivity index (χ4v) is 1.41. The molecule has 2 nitrogen and oxygen atoms in total. The third-order valence-electron chi connectivity index (χ3n) is 1.71. The van der Waals surface area contributed by atoms with Gasteiger partial charge in [0.05, 0.1) is 6.20 Å². The van der Waals surface area contributed by atoms with E-state index in [9.17, 15) is 0 Å². The van der Waals surface area contributed by atoms with E-state index >= 15 is 0 Å². The van der Waals surface area contributed by atoms with Crippen molar-refractivity contribution in [2.24, 2.45) is 0 Å². The molecule has 1 aromatic carbocycles. The summed E-state index contributed by atoms with van der Waals surface area (Å²) in [6, 6.07) is 7.94. The Kier molecular flexibility index (Phi) is 1.87. The summed E-state index contributed by atoms with van der Waals surface area (Å²) in [5.74, 6) is 0. The van der Waals surface area contributed by atoms with Crippen molar-refractivity contribution in [2.75, 3.05) is 0 Å². The summed E-state index contributed by atoms with van der Waals surface area (Å²) in [5, 5.41) is 6.65. The van der Waals surface area contributed by atoms with E-state index < -0.39 is 0 Å². The van der Waals surface area contributed by atoms with Gasteiger partial charge < -0.3 is 0 Å². The normalized spacial score (nSPS) is 10.1. The quantitative estimate of drug-likeness (QED) is 0.642. The lowest BCUT2D eigenvalue weighted by Crippen LogP contribution is -1.75. The molecule has 12 heavy (non-hydrogen) atoms. The molecule has 0 atom stereocenters. The van der Waals surface area contributed by atoms with Gasteiger partial charge in [-0.25, -0.2) is 0 Å². The first-order valence-corrected chi connectivity index (χ1v) is 4.10. The van der Waals surface area contributed by atoms with Crippen LogP contribution < -0.4 is 0 Å². The molecule has 0 fully saturated rings. The van der Waals surface area contributed by atoms with E-state index in [0.29, 0.717) is 0 Å². The van der Waals surface area contributed by atoms with Crippen LogP contribution in [0.2, 0.25) is 0 Å². The molecule has 3 heteroatoms. The van der Waals surface area contributed by atoms with Gasteiger partial charge in [0.1, 0.15) is 0 Å². The molecule has 0 aliphatic heterocycles. The zero-order chi connectivity index (χ0) is 8.39. The standard InChI is InChI=1S/C9H8N2S/c12-9-4-2-1-3-8(9)7-5-10-11-6-7/h1-6,12H,(H,10,11). The maximum absolute atomic E-state index is 4.34. The van der Waals surface area contributed by atoms with Crippen LogP contribution in [0.5, 0.6) is 0 Å². The SMILES string of the molecule is Sc1ccccc1-c1cn[nH]c1. The molecule has 0 bridgehead atoms. The molecule has 0 saturated carbocycles. The second-order valence-electron chi connectivity index (χ2n) is 2.50. The van der Waals surface area contributed by atoms with E-state index in [4.69, 9.17) is 0 Å². The van der Waals surface area contributed by atoms with Crippen molar-refractivity contribution in [1.29, 1.82) is 0 Å². The van der Waals surface area contributed by atoms with E-state index in [-0.39, 0.29) is 0 Å². The summed E-state index contributed by atoms with van der Waals surface area (Å²) in [7, 11) is 0. The highest BCUT2D eigenvalue weighted by Gasteiger charge is 2.00. The molecule has 1 heterocycles. The Bertz CT molecular complexity index is 368. The fourth-order valence-electron chi connectivity index (χ4n) is 1.12. The second-order valence-corrected chi connectivity index (χ2v) is 2.99. The highest BCUT2D eigenvalue weighted by Crippen LogP contribution is 2.24. The number of hydrogen-bond donors (Lipinski definition) is 2. The number of aromatic amines is 1. The van der Waals surface area contributed by atoms with Crippen LogP contribution in [0.4, 0.5) is 0 Å². The predicted molar refractivity (Wildman–Crippen MR) is 51.3 cm³/mol. The molecule has 0 amide bonds. The van der Waals surface area contributed by atoms with Gasteiger partial charge in [-0.3, -0.25) is 5.10 Å².